The molecule has 4 aromatic heterocycles. The molecule has 0 bridgehead atoms. The van der Waals surface area contributed by atoms with E-state index >= 15 is 0 Å². The molecule has 0 aliphatic rings. The van der Waals surface area contributed by atoms with Gasteiger partial charge in [0.15, 0.2) is 0 Å². The fourth-order valence-corrected chi connectivity index (χ4v) is 3.59. The number of benzene rings is 1. The van der Waals surface area contributed by atoms with Gasteiger partial charge in [0.05, 0.1) is 29.3 Å². The molecule has 1 N–H and O–H groups in total. The Bertz CT molecular complexity index is 1380. The quantitative estimate of drug-likeness (QED) is 0.493. The summed E-state index contributed by atoms with van der Waals surface area (Å²) in [6.45, 7) is 0. The Kier molecular flexibility index (Phi) is 4.33. The molecule has 5 rings (SSSR count). The fourth-order valence-electron chi connectivity index (χ4n) is 3.59. The molecule has 7 nitrogen and oxygen atoms in total. The van der Waals surface area contributed by atoms with Gasteiger partial charge in [-0.2, -0.15) is 0 Å². The summed E-state index contributed by atoms with van der Waals surface area (Å²) in [6, 6.07) is 16.7. The number of hydrogen-bond donors (Lipinski definition) is 1. The Morgan fingerprint density at radius 3 is 2.83 bits per heavy atom. The summed E-state index contributed by atoms with van der Waals surface area (Å²) in [5, 5.41) is 3.66. The molecule has 0 aliphatic heterocycles. The van der Waals surface area contributed by atoms with Gasteiger partial charge in [-0.05, 0) is 36.4 Å². The summed E-state index contributed by atoms with van der Waals surface area (Å²) in [5.74, 6) is 0.417. The third kappa shape index (κ3) is 2.93. The Morgan fingerprint density at radius 2 is 2.00 bits per heavy atom. The number of pyridine rings is 2. The minimum atomic E-state index is -0.248. The van der Waals surface area contributed by atoms with Crippen molar-refractivity contribution in [3.8, 4) is 17.0 Å². The lowest BCUT2D eigenvalue weighted by atomic mass is 10.1. The molecule has 0 fully saturated rings. The van der Waals surface area contributed by atoms with E-state index in [0.29, 0.717) is 33.7 Å². The molecule has 146 valence electrons. The minimum absolute atomic E-state index is 0.248. The number of nitrogens with one attached hydrogen (secondary N) is 1. The van der Waals surface area contributed by atoms with Crippen LogP contribution in [0.15, 0.2) is 79.5 Å². The van der Waals surface area contributed by atoms with Crippen LogP contribution < -0.4 is 10.1 Å². The molecule has 4 heterocycles. The second kappa shape index (κ2) is 7.29. The first-order valence-electron chi connectivity index (χ1n) is 9.36. The standard InChI is InChI=1S/C23H17N5O2/c1-30-17-8-4-7-16(12-17)27-23(29)19-18-9-2-3-11-28(18)22-20(19)21(25-14-26-22)15-6-5-10-24-13-15/h2-14H,1H3,(H,27,29). The summed E-state index contributed by atoms with van der Waals surface area (Å²) in [7, 11) is 1.59. The maximum Gasteiger partial charge on any atom is 0.258 e. The number of carbonyl (C=O) groups is 1. The second-order valence-electron chi connectivity index (χ2n) is 6.68. The Labute approximate surface area is 172 Å². The molecular weight excluding hydrogens is 378 g/mol. The zero-order chi connectivity index (χ0) is 20.5. The van der Waals surface area contributed by atoms with E-state index in [1.54, 1.807) is 25.6 Å². The molecule has 0 spiro atoms. The zero-order valence-corrected chi connectivity index (χ0v) is 16.1. The van der Waals surface area contributed by atoms with E-state index in [1.807, 2.05) is 59.1 Å². The molecule has 0 saturated heterocycles. The fraction of sp³-hybridized carbons (Fsp3) is 0.0435. The van der Waals surface area contributed by atoms with Crippen LogP contribution in [0.1, 0.15) is 10.4 Å². The Balaban J connectivity index is 1.74. The molecule has 1 amide bonds. The van der Waals surface area contributed by atoms with Crippen molar-refractivity contribution in [1.29, 1.82) is 0 Å². The van der Waals surface area contributed by atoms with Crippen molar-refractivity contribution in [3.63, 3.8) is 0 Å². The van der Waals surface area contributed by atoms with Gasteiger partial charge >= 0.3 is 0 Å². The largest absolute Gasteiger partial charge is 0.497 e. The van der Waals surface area contributed by atoms with Gasteiger partial charge in [0.2, 0.25) is 0 Å². The van der Waals surface area contributed by atoms with Crippen LogP contribution in [0.4, 0.5) is 5.69 Å². The Hall–Kier alpha value is -4.26. The first-order valence-corrected chi connectivity index (χ1v) is 9.36. The average Bonchev–Trinajstić information content (AvgIpc) is 3.14. The number of amides is 1. The van der Waals surface area contributed by atoms with E-state index in [-0.39, 0.29) is 5.91 Å². The van der Waals surface area contributed by atoms with Gasteiger partial charge in [-0.15, -0.1) is 0 Å². The lowest BCUT2D eigenvalue weighted by Crippen LogP contribution is -2.12. The highest BCUT2D eigenvalue weighted by Crippen LogP contribution is 2.33. The summed E-state index contributed by atoms with van der Waals surface area (Å²) in [4.78, 5) is 26.6. The number of carbonyl (C=O) groups excluding carboxylic acids is 1. The van der Waals surface area contributed by atoms with Gasteiger partial charge in [0, 0.05) is 35.9 Å². The summed E-state index contributed by atoms with van der Waals surface area (Å²) in [6.07, 6.45) is 6.83. The van der Waals surface area contributed by atoms with Gasteiger partial charge in [-0.3, -0.25) is 9.78 Å². The van der Waals surface area contributed by atoms with E-state index in [0.717, 1.165) is 11.1 Å². The van der Waals surface area contributed by atoms with Crippen LogP contribution in [0.5, 0.6) is 5.75 Å². The Morgan fingerprint density at radius 1 is 1.07 bits per heavy atom. The highest BCUT2D eigenvalue weighted by Gasteiger charge is 2.23. The first-order chi connectivity index (χ1) is 14.8. The molecule has 1 aromatic carbocycles. The second-order valence-corrected chi connectivity index (χ2v) is 6.68. The molecule has 0 aliphatic carbocycles. The number of ether oxygens (including phenoxy) is 1. The molecule has 0 saturated carbocycles. The summed E-state index contributed by atoms with van der Waals surface area (Å²) < 4.78 is 7.16. The van der Waals surface area contributed by atoms with Crippen LogP contribution in [0, 0.1) is 0 Å². The zero-order valence-electron chi connectivity index (χ0n) is 16.1. The van der Waals surface area contributed by atoms with E-state index in [4.69, 9.17) is 4.74 Å². The van der Waals surface area contributed by atoms with Crippen molar-refractivity contribution >= 4 is 28.1 Å². The van der Waals surface area contributed by atoms with Crippen molar-refractivity contribution in [3.05, 3.63) is 85.1 Å². The summed E-state index contributed by atoms with van der Waals surface area (Å²) in [5.41, 5.74) is 4.04. The van der Waals surface area contributed by atoms with Crippen LogP contribution in [-0.2, 0) is 0 Å². The molecule has 0 radical (unpaired) electrons. The number of aromatic nitrogens is 4. The van der Waals surface area contributed by atoms with Gasteiger partial charge < -0.3 is 14.5 Å². The minimum Gasteiger partial charge on any atom is -0.497 e. The lowest BCUT2D eigenvalue weighted by molar-refractivity contribution is 0.103. The van der Waals surface area contributed by atoms with E-state index in [2.05, 4.69) is 20.3 Å². The van der Waals surface area contributed by atoms with Gasteiger partial charge in [-0.25, -0.2) is 9.97 Å². The van der Waals surface area contributed by atoms with Crippen molar-refractivity contribution < 1.29 is 9.53 Å². The van der Waals surface area contributed by atoms with Crippen LogP contribution >= 0.6 is 0 Å². The molecular formula is C23H17N5O2. The third-order valence-electron chi connectivity index (χ3n) is 4.91. The molecule has 0 unspecified atom stereocenters. The van der Waals surface area contributed by atoms with Crippen LogP contribution in [0.3, 0.4) is 0 Å². The van der Waals surface area contributed by atoms with Crippen molar-refractivity contribution in [2.24, 2.45) is 0 Å². The number of anilines is 1. The first kappa shape index (κ1) is 17.8. The van der Waals surface area contributed by atoms with Crippen molar-refractivity contribution in [1.82, 2.24) is 19.4 Å². The van der Waals surface area contributed by atoms with Gasteiger partial charge in [-0.1, -0.05) is 12.1 Å². The highest BCUT2D eigenvalue weighted by molar-refractivity contribution is 6.20. The van der Waals surface area contributed by atoms with Crippen LogP contribution in [0.2, 0.25) is 0 Å². The number of hydrogen-bond acceptors (Lipinski definition) is 5. The maximum atomic E-state index is 13.4. The SMILES string of the molecule is COc1cccc(NC(=O)c2c3c(-c4cccnc4)ncnc3n3ccccc23)c1. The maximum absolute atomic E-state index is 13.4. The average molecular weight is 395 g/mol. The molecule has 0 atom stereocenters. The predicted octanol–water partition coefficient (Wildman–Crippen LogP) is 4.21. The third-order valence-corrected chi connectivity index (χ3v) is 4.91. The van der Waals surface area contributed by atoms with Crippen molar-refractivity contribution in [2.75, 3.05) is 12.4 Å². The highest BCUT2D eigenvalue weighted by atomic mass is 16.5. The molecule has 5 aromatic rings. The smallest absolute Gasteiger partial charge is 0.258 e. The number of rotatable bonds is 4. The van der Waals surface area contributed by atoms with Crippen LogP contribution in [0.25, 0.3) is 27.8 Å². The normalized spacial score (nSPS) is 11.0. The molecule has 30 heavy (non-hydrogen) atoms. The van der Waals surface area contributed by atoms with E-state index < -0.39 is 0 Å². The number of methoxy groups -OCH3 is 1. The topological polar surface area (TPSA) is 81.4 Å². The molecule has 7 heteroatoms. The summed E-state index contributed by atoms with van der Waals surface area (Å²) >= 11 is 0. The van der Waals surface area contributed by atoms with E-state index in [1.165, 1.54) is 6.33 Å². The lowest BCUT2D eigenvalue weighted by Gasteiger charge is -2.08. The predicted molar refractivity (Wildman–Crippen MR) is 115 cm³/mol. The van der Waals surface area contributed by atoms with Crippen LogP contribution in [-0.4, -0.2) is 32.4 Å². The number of nitrogens with zero attached hydrogens (tertiary/aromatic N) is 4. The van der Waals surface area contributed by atoms with Gasteiger partial charge in [0.25, 0.3) is 5.91 Å². The number of fused-ring (bicyclic) bond motifs is 3. The van der Waals surface area contributed by atoms with Gasteiger partial charge in [0.1, 0.15) is 17.7 Å². The monoisotopic (exact) mass is 395 g/mol. The van der Waals surface area contributed by atoms with Crippen molar-refractivity contribution in [2.45, 2.75) is 0 Å². The van der Waals surface area contributed by atoms with E-state index in [9.17, 15) is 4.79 Å².